The first kappa shape index (κ1) is 20.1. The summed E-state index contributed by atoms with van der Waals surface area (Å²) >= 11 is 0. The van der Waals surface area contributed by atoms with E-state index in [2.05, 4.69) is 58.3 Å². The summed E-state index contributed by atoms with van der Waals surface area (Å²) in [5.41, 5.74) is 8.70. The van der Waals surface area contributed by atoms with Gasteiger partial charge < -0.3 is 0 Å². The molecule has 2 rings (SSSR count). The van der Waals surface area contributed by atoms with E-state index in [1.807, 2.05) is 31.4 Å². The number of aliphatic imine (C=N–C) groups is 2. The number of allylic oxidation sites excluding steroid dienone is 5. The fourth-order valence-electron chi connectivity index (χ4n) is 3.24. The molecule has 0 spiro atoms. The van der Waals surface area contributed by atoms with Gasteiger partial charge in [-0.05, 0) is 66.5 Å². The van der Waals surface area contributed by atoms with Crippen LogP contribution < -0.4 is 0 Å². The molecular weight excluding hydrogens is 316 g/mol. The highest BCUT2D eigenvalue weighted by Crippen LogP contribution is 2.30. The van der Waals surface area contributed by atoms with Crippen molar-refractivity contribution in [3.63, 3.8) is 0 Å². The van der Waals surface area contributed by atoms with Crippen LogP contribution in [-0.4, -0.2) is 18.5 Å². The summed E-state index contributed by atoms with van der Waals surface area (Å²) in [4.78, 5) is 9.18. The van der Waals surface area contributed by atoms with E-state index in [-0.39, 0.29) is 5.41 Å². The van der Waals surface area contributed by atoms with Gasteiger partial charge in [0.05, 0.1) is 18.0 Å². The Morgan fingerprint density at radius 3 is 2.31 bits per heavy atom. The highest BCUT2D eigenvalue weighted by molar-refractivity contribution is 6.51. The summed E-state index contributed by atoms with van der Waals surface area (Å²) in [5.74, 6) is 0. The van der Waals surface area contributed by atoms with Crippen molar-refractivity contribution in [1.82, 2.24) is 0 Å². The van der Waals surface area contributed by atoms with E-state index in [1.54, 1.807) is 0 Å². The minimum Gasteiger partial charge on any atom is -0.286 e. The summed E-state index contributed by atoms with van der Waals surface area (Å²) in [6, 6.07) is 4.69. The molecule has 0 aromatic heterocycles. The maximum absolute atomic E-state index is 4.86. The Labute approximate surface area is 159 Å². The maximum Gasteiger partial charge on any atom is 0.0830 e. The van der Waals surface area contributed by atoms with Crippen molar-refractivity contribution in [2.45, 2.75) is 59.4 Å². The van der Waals surface area contributed by atoms with Crippen molar-refractivity contribution in [2.75, 3.05) is 7.05 Å². The average Bonchev–Trinajstić information content (AvgIpc) is 2.58. The van der Waals surface area contributed by atoms with E-state index in [0.29, 0.717) is 6.54 Å². The average molecular weight is 349 g/mol. The molecule has 138 valence electrons. The van der Waals surface area contributed by atoms with E-state index in [1.165, 1.54) is 27.8 Å². The van der Waals surface area contributed by atoms with Crippen LogP contribution in [0.3, 0.4) is 0 Å². The SMILES string of the molecule is C=C(C)CCc1cc(C/N=C2/C=CC=C/C2=N/C)c(C)c(C(C)(C)C)c1. The lowest BCUT2D eigenvalue weighted by Gasteiger charge is -2.25. The van der Waals surface area contributed by atoms with Crippen LogP contribution in [0.15, 0.2) is 58.6 Å². The molecule has 0 N–H and O–H groups in total. The Balaban J connectivity index is 2.40. The standard InChI is InChI=1S/C24H32N2/c1-17(2)12-13-19-14-20(18(3)21(15-19)24(4,5)6)16-26-23-11-9-8-10-22(23)25-7/h8-11,14-15H,1,12-13,16H2,2-7H3/b25-22-,26-23-. The van der Waals surface area contributed by atoms with Gasteiger partial charge in [-0.2, -0.15) is 0 Å². The summed E-state index contributed by atoms with van der Waals surface area (Å²) in [6.07, 6.45) is 10.1. The largest absolute Gasteiger partial charge is 0.286 e. The van der Waals surface area contributed by atoms with Gasteiger partial charge in [0.25, 0.3) is 0 Å². The van der Waals surface area contributed by atoms with Crippen molar-refractivity contribution in [3.8, 4) is 0 Å². The van der Waals surface area contributed by atoms with Crippen LogP contribution in [0.25, 0.3) is 0 Å². The van der Waals surface area contributed by atoms with E-state index in [0.717, 1.165) is 24.3 Å². The first-order valence-electron chi connectivity index (χ1n) is 9.36. The van der Waals surface area contributed by atoms with Gasteiger partial charge in [-0.3, -0.25) is 9.98 Å². The van der Waals surface area contributed by atoms with Crippen LogP contribution in [-0.2, 0) is 18.4 Å². The number of nitrogens with zero attached hydrogens (tertiary/aromatic N) is 2. The molecule has 1 aromatic rings. The zero-order chi connectivity index (χ0) is 19.3. The van der Waals surface area contributed by atoms with Crippen LogP contribution in [0.2, 0.25) is 0 Å². The van der Waals surface area contributed by atoms with E-state index in [4.69, 9.17) is 4.99 Å². The van der Waals surface area contributed by atoms with Crippen LogP contribution in [0.5, 0.6) is 0 Å². The number of hydrogen-bond donors (Lipinski definition) is 0. The quantitative estimate of drug-likeness (QED) is 0.465. The Kier molecular flexibility index (Phi) is 6.52. The third kappa shape index (κ3) is 5.14. The van der Waals surface area contributed by atoms with Gasteiger partial charge in [-0.1, -0.05) is 50.6 Å². The molecule has 0 bridgehead atoms. The number of aryl methyl sites for hydroxylation is 1. The van der Waals surface area contributed by atoms with Crippen LogP contribution in [0.1, 0.15) is 56.4 Å². The second-order valence-electron chi connectivity index (χ2n) is 8.16. The molecule has 0 fully saturated rings. The normalized spacial score (nSPS) is 17.3. The monoisotopic (exact) mass is 348 g/mol. The van der Waals surface area contributed by atoms with Crippen molar-refractivity contribution < 1.29 is 0 Å². The zero-order valence-electron chi connectivity index (χ0n) is 17.2. The minimum atomic E-state index is 0.120. The van der Waals surface area contributed by atoms with Crippen LogP contribution in [0, 0.1) is 6.92 Å². The second kappa shape index (κ2) is 8.44. The molecule has 0 saturated carbocycles. The molecule has 0 atom stereocenters. The fourth-order valence-corrected chi connectivity index (χ4v) is 3.24. The molecule has 0 radical (unpaired) electrons. The van der Waals surface area contributed by atoms with Gasteiger partial charge in [0.2, 0.25) is 0 Å². The van der Waals surface area contributed by atoms with E-state index < -0.39 is 0 Å². The third-order valence-electron chi connectivity index (χ3n) is 4.77. The molecule has 2 heteroatoms. The predicted octanol–water partition coefficient (Wildman–Crippen LogP) is 5.94. The lowest BCUT2D eigenvalue weighted by atomic mass is 9.81. The highest BCUT2D eigenvalue weighted by Gasteiger charge is 2.19. The van der Waals surface area contributed by atoms with E-state index in [9.17, 15) is 0 Å². The van der Waals surface area contributed by atoms with Gasteiger partial charge in [0.1, 0.15) is 0 Å². The molecule has 0 heterocycles. The van der Waals surface area contributed by atoms with Crippen molar-refractivity contribution in [1.29, 1.82) is 0 Å². The predicted molar refractivity (Wildman–Crippen MR) is 116 cm³/mol. The Morgan fingerprint density at radius 1 is 1.08 bits per heavy atom. The fraction of sp³-hybridized carbons (Fsp3) is 0.417. The second-order valence-corrected chi connectivity index (χ2v) is 8.16. The van der Waals surface area contributed by atoms with Crippen molar-refractivity contribution in [3.05, 3.63) is 70.8 Å². The lowest BCUT2D eigenvalue weighted by Crippen LogP contribution is -2.16. The Morgan fingerprint density at radius 2 is 1.73 bits per heavy atom. The van der Waals surface area contributed by atoms with Gasteiger partial charge in [0, 0.05) is 7.05 Å². The zero-order valence-corrected chi connectivity index (χ0v) is 17.2. The van der Waals surface area contributed by atoms with Crippen molar-refractivity contribution in [2.24, 2.45) is 9.98 Å². The van der Waals surface area contributed by atoms with E-state index >= 15 is 0 Å². The lowest BCUT2D eigenvalue weighted by molar-refractivity contribution is 0.583. The Hall–Kier alpha value is -2.22. The molecule has 0 aliphatic heterocycles. The first-order chi connectivity index (χ1) is 12.2. The van der Waals surface area contributed by atoms with Crippen LogP contribution in [0.4, 0.5) is 0 Å². The molecular formula is C24H32N2. The van der Waals surface area contributed by atoms with Gasteiger partial charge in [-0.25, -0.2) is 0 Å². The third-order valence-corrected chi connectivity index (χ3v) is 4.77. The smallest absolute Gasteiger partial charge is 0.0830 e. The summed E-state index contributed by atoms with van der Waals surface area (Å²) in [6.45, 7) is 15.9. The molecule has 0 unspecified atom stereocenters. The molecule has 0 amide bonds. The molecule has 2 nitrogen and oxygen atoms in total. The van der Waals surface area contributed by atoms with Crippen LogP contribution >= 0.6 is 0 Å². The Bertz CT molecular complexity index is 796. The first-order valence-corrected chi connectivity index (χ1v) is 9.36. The van der Waals surface area contributed by atoms with Gasteiger partial charge in [-0.15, -0.1) is 6.58 Å². The highest BCUT2D eigenvalue weighted by atomic mass is 14.8. The number of rotatable bonds is 5. The molecule has 1 aliphatic rings. The van der Waals surface area contributed by atoms with Gasteiger partial charge in [0.15, 0.2) is 0 Å². The molecule has 1 aliphatic carbocycles. The number of benzene rings is 1. The molecule has 1 aromatic carbocycles. The topological polar surface area (TPSA) is 24.7 Å². The minimum absolute atomic E-state index is 0.120. The van der Waals surface area contributed by atoms with Gasteiger partial charge >= 0.3 is 0 Å². The molecule has 0 saturated heterocycles. The molecule has 26 heavy (non-hydrogen) atoms. The maximum atomic E-state index is 4.86. The summed E-state index contributed by atoms with van der Waals surface area (Å²) in [5, 5.41) is 0. The summed E-state index contributed by atoms with van der Waals surface area (Å²) < 4.78 is 0. The summed E-state index contributed by atoms with van der Waals surface area (Å²) in [7, 11) is 1.82. The number of hydrogen-bond acceptors (Lipinski definition) is 2. The van der Waals surface area contributed by atoms with Crippen molar-refractivity contribution >= 4 is 11.4 Å².